The molecule has 0 bridgehead atoms. The third-order valence-corrected chi connectivity index (χ3v) is 6.43. The van der Waals surface area contributed by atoms with Crippen LogP contribution in [0.15, 0.2) is 36.4 Å². The quantitative estimate of drug-likeness (QED) is 0.709. The summed E-state index contributed by atoms with van der Waals surface area (Å²) in [4.78, 5) is 33.8. The first-order valence-electron chi connectivity index (χ1n) is 11.2. The fourth-order valence-corrected chi connectivity index (χ4v) is 4.37. The molecule has 2 heterocycles. The van der Waals surface area contributed by atoms with E-state index in [0.29, 0.717) is 24.7 Å². The first-order valence-corrected chi connectivity index (χ1v) is 11.2. The van der Waals surface area contributed by atoms with Crippen LogP contribution >= 0.6 is 0 Å². The van der Waals surface area contributed by atoms with E-state index in [1.54, 1.807) is 0 Å². The lowest BCUT2D eigenvalue weighted by Crippen LogP contribution is -2.55. The van der Waals surface area contributed by atoms with E-state index in [1.165, 1.54) is 0 Å². The summed E-state index contributed by atoms with van der Waals surface area (Å²) in [5, 5.41) is 2.82. The van der Waals surface area contributed by atoms with Crippen LogP contribution in [0.5, 0.6) is 0 Å². The molecule has 7 nitrogen and oxygen atoms in total. The van der Waals surface area contributed by atoms with Crippen molar-refractivity contribution in [3.05, 3.63) is 42.0 Å². The Kier molecular flexibility index (Phi) is 6.69. The maximum atomic E-state index is 12.7. The van der Waals surface area contributed by atoms with Crippen LogP contribution in [0.1, 0.15) is 23.7 Å². The van der Waals surface area contributed by atoms with Gasteiger partial charge in [-0.2, -0.15) is 0 Å². The summed E-state index contributed by atoms with van der Waals surface area (Å²) in [5.74, 6) is 0.232. The Balaban J connectivity index is 1.20. The summed E-state index contributed by atoms with van der Waals surface area (Å²) in [6.45, 7) is 10.3. The molecule has 2 aliphatic heterocycles. The van der Waals surface area contributed by atoms with Crippen molar-refractivity contribution in [2.45, 2.75) is 19.4 Å². The average molecular weight is 412 g/mol. The Morgan fingerprint density at radius 2 is 1.63 bits per heavy atom. The van der Waals surface area contributed by atoms with E-state index in [1.807, 2.05) is 36.1 Å². The molecule has 1 atom stereocenters. The summed E-state index contributed by atoms with van der Waals surface area (Å²) < 4.78 is 0. The van der Waals surface area contributed by atoms with Crippen molar-refractivity contribution in [1.29, 1.82) is 0 Å². The van der Waals surface area contributed by atoms with Gasteiger partial charge in [-0.25, -0.2) is 0 Å². The van der Waals surface area contributed by atoms with Crippen molar-refractivity contribution in [2.75, 3.05) is 70.3 Å². The number of hydrogen-bond donors (Lipinski definition) is 1. The summed E-state index contributed by atoms with van der Waals surface area (Å²) in [7, 11) is 0. The number of nitrogens with zero attached hydrogens (tertiary/aromatic N) is 4. The topological polar surface area (TPSA) is 59.1 Å². The Labute approximate surface area is 179 Å². The molecule has 0 spiro atoms. The third kappa shape index (κ3) is 4.84. The number of nitrogens with one attached hydrogen (secondary N) is 1. The monoisotopic (exact) mass is 411 g/mol. The largest absolute Gasteiger partial charge is 0.369 e. The maximum absolute atomic E-state index is 12.7. The van der Waals surface area contributed by atoms with Gasteiger partial charge in [-0.3, -0.25) is 19.4 Å². The smallest absolute Gasteiger partial charge is 0.251 e. The number of benzene rings is 1. The first-order chi connectivity index (χ1) is 14.6. The second-order valence-electron chi connectivity index (χ2n) is 8.32. The minimum absolute atomic E-state index is 0.0302. The minimum atomic E-state index is -0.0302. The number of amides is 2. The number of anilines is 1. The van der Waals surface area contributed by atoms with E-state index >= 15 is 0 Å². The van der Waals surface area contributed by atoms with Gasteiger partial charge >= 0.3 is 0 Å². The molecule has 2 saturated heterocycles. The highest BCUT2D eigenvalue weighted by Crippen LogP contribution is 2.19. The normalized spacial score (nSPS) is 22.6. The van der Waals surface area contributed by atoms with Gasteiger partial charge in [0, 0.05) is 76.2 Å². The standard InChI is InChI=1S/C23H33N5O2/c1-2-24-23(30)19-6-8-21(9-7-19)26-12-10-25(11-13-26)18-22(29)28-16-14-27(15-17-28)20-4-3-5-20/h3-4,6-9,20H,2,5,10-18H2,1H3,(H,24,30). The van der Waals surface area contributed by atoms with Gasteiger partial charge in [0.05, 0.1) is 6.54 Å². The molecule has 1 unspecified atom stereocenters. The SMILES string of the molecule is CCNC(=O)c1ccc(N2CCN(CC(=O)N3CCN(C4C=CC4)CC3)CC2)cc1. The molecule has 0 aromatic heterocycles. The van der Waals surface area contributed by atoms with Crippen LogP contribution in [-0.4, -0.2) is 98.0 Å². The summed E-state index contributed by atoms with van der Waals surface area (Å²) in [6, 6.07) is 8.40. The Bertz CT molecular complexity index is 762. The van der Waals surface area contributed by atoms with E-state index in [9.17, 15) is 9.59 Å². The maximum Gasteiger partial charge on any atom is 0.251 e. The molecular formula is C23H33N5O2. The van der Waals surface area contributed by atoms with Crippen molar-refractivity contribution < 1.29 is 9.59 Å². The molecule has 1 N–H and O–H groups in total. The van der Waals surface area contributed by atoms with Gasteiger partial charge in [0.15, 0.2) is 0 Å². The number of carbonyl (C=O) groups is 2. The summed E-state index contributed by atoms with van der Waals surface area (Å²) in [6.07, 6.45) is 5.65. The Morgan fingerprint density at radius 3 is 2.20 bits per heavy atom. The molecule has 30 heavy (non-hydrogen) atoms. The van der Waals surface area contributed by atoms with Crippen LogP contribution in [0.25, 0.3) is 0 Å². The highest BCUT2D eigenvalue weighted by molar-refractivity contribution is 5.94. The van der Waals surface area contributed by atoms with Gasteiger partial charge in [-0.05, 0) is 37.6 Å². The minimum Gasteiger partial charge on any atom is -0.369 e. The van der Waals surface area contributed by atoms with Gasteiger partial charge in [0.2, 0.25) is 5.91 Å². The van der Waals surface area contributed by atoms with E-state index in [0.717, 1.165) is 64.5 Å². The van der Waals surface area contributed by atoms with Crippen molar-refractivity contribution in [3.63, 3.8) is 0 Å². The van der Waals surface area contributed by atoms with Crippen LogP contribution in [-0.2, 0) is 4.79 Å². The Hall–Kier alpha value is -2.38. The predicted molar refractivity (Wildman–Crippen MR) is 119 cm³/mol. The molecule has 7 heteroatoms. The van der Waals surface area contributed by atoms with Crippen molar-refractivity contribution in [3.8, 4) is 0 Å². The second-order valence-corrected chi connectivity index (χ2v) is 8.32. The van der Waals surface area contributed by atoms with Gasteiger partial charge in [-0.15, -0.1) is 0 Å². The number of piperazine rings is 2. The molecular weight excluding hydrogens is 378 g/mol. The lowest BCUT2D eigenvalue weighted by Gasteiger charge is -2.41. The zero-order valence-electron chi connectivity index (χ0n) is 17.9. The van der Waals surface area contributed by atoms with E-state index in [-0.39, 0.29) is 11.8 Å². The van der Waals surface area contributed by atoms with Gasteiger partial charge in [0.1, 0.15) is 0 Å². The highest BCUT2D eigenvalue weighted by Gasteiger charge is 2.28. The molecule has 162 valence electrons. The van der Waals surface area contributed by atoms with Crippen molar-refractivity contribution in [2.24, 2.45) is 0 Å². The fourth-order valence-electron chi connectivity index (χ4n) is 4.37. The summed E-state index contributed by atoms with van der Waals surface area (Å²) >= 11 is 0. The van der Waals surface area contributed by atoms with E-state index < -0.39 is 0 Å². The lowest BCUT2D eigenvalue weighted by atomic mass is 10.0. The van der Waals surface area contributed by atoms with Crippen LogP contribution < -0.4 is 10.2 Å². The van der Waals surface area contributed by atoms with Gasteiger partial charge in [-0.1, -0.05) is 12.2 Å². The summed E-state index contributed by atoms with van der Waals surface area (Å²) in [5.41, 5.74) is 1.83. The number of hydrogen-bond acceptors (Lipinski definition) is 5. The van der Waals surface area contributed by atoms with Crippen molar-refractivity contribution in [1.82, 2.24) is 20.0 Å². The van der Waals surface area contributed by atoms with E-state index in [2.05, 4.69) is 32.2 Å². The Morgan fingerprint density at radius 1 is 0.967 bits per heavy atom. The zero-order valence-corrected chi connectivity index (χ0v) is 17.9. The number of carbonyl (C=O) groups excluding carboxylic acids is 2. The second kappa shape index (κ2) is 9.62. The average Bonchev–Trinajstić information content (AvgIpc) is 2.74. The van der Waals surface area contributed by atoms with Crippen LogP contribution in [0.4, 0.5) is 5.69 Å². The lowest BCUT2D eigenvalue weighted by molar-refractivity contribution is -0.134. The molecule has 0 radical (unpaired) electrons. The van der Waals surface area contributed by atoms with Gasteiger partial charge < -0.3 is 15.1 Å². The fraction of sp³-hybridized carbons (Fsp3) is 0.565. The predicted octanol–water partition coefficient (Wildman–Crippen LogP) is 1.03. The van der Waals surface area contributed by atoms with E-state index in [4.69, 9.17) is 0 Å². The number of rotatable bonds is 6. The molecule has 2 fully saturated rings. The zero-order chi connectivity index (χ0) is 20.9. The third-order valence-electron chi connectivity index (χ3n) is 6.43. The van der Waals surface area contributed by atoms with Crippen molar-refractivity contribution >= 4 is 17.5 Å². The molecule has 1 aliphatic carbocycles. The van der Waals surface area contributed by atoms with Crippen LogP contribution in [0.2, 0.25) is 0 Å². The molecule has 3 aliphatic rings. The molecule has 2 amide bonds. The van der Waals surface area contributed by atoms with Crippen LogP contribution in [0, 0.1) is 0 Å². The highest BCUT2D eigenvalue weighted by atomic mass is 16.2. The first kappa shape index (κ1) is 20.9. The molecule has 1 aromatic rings. The van der Waals surface area contributed by atoms with Crippen LogP contribution in [0.3, 0.4) is 0 Å². The molecule has 1 aromatic carbocycles. The van der Waals surface area contributed by atoms with Gasteiger partial charge in [0.25, 0.3) is 5.91 Å². The molecule has 4 rings (SSSR count). The molecule has 0 saturated carbocycles.